The van der Waals surface area contributed by atoms with Crippen molar-refractivity contribution in [2.24, 2.45) is 5.73 Å². The van der Waals surface area contributed by atoms with E-state index in [1.54, 1.807) is 32.9 Å². The Labute approximate surface area is 227 Å². The highest BCUT2D eigenvalue weighted by Gasteiger charge is 2.38. The molecule has 0 radical (unpaired) electrons. The third kappa shape index (κ3) is 8.41. The predicted octanol–water partition coefficient (Wildman–Crippen LogP) is 3.87. The highest BCUT2D eigenvalue weighted by Crippen LogP contribution is 2.31. The first-order valence-corrected chi connectivity index (χ1v) is 13.5. The van der Waals surface area contributed by atoms with E-state index in [0.717, 1.165) is 12.8 Å². The van der Waals surface area contributed by atoms with Gasteiger partial charge in [0.15, 0.2) is 0 Å². The van der Waals surface area contributed by atoms with Crippen LogP contribution in [0.5, 0.6) is 0 Å². The maximum absolute atomic E-state index is 15.7. The number of rotatable bonds is 12. The minimum atomic E-state index is -2.36. The van der Waals surface area contributed by atoms with Crippen molar-refractivity contribution in [3.8, 4) is 0 Å². The fourth-order valence-electron chi connectivity index (χ4n) is 5.20. The van der Waals surface area contributed by atoms with Crippen molar-refractivity contribution in [1.29, 1.82) is 0 Å². The molecule has 0 bridgehead atoms. The van der Waals surface area contributed by atoms with Gasteiger partial charge in [-0.1, -0.05) is 6.07 Å². The van der Waals surface area contributed by atoms with E-state index in [9.17, 15) is 23.2 Å². The Balaban J connectivity index is 1.70. The number of hydrogen-bond acceptors (Lipinski definition) is 6. The number of hydrogen-bond donors (Lipinski definition) is 2. The third-order valence-electron chi connectivity index (χ3n) is 7.07. The number of ether oxygens (including phenoxy) is 2. The van der Waals surface area contributed by atoms with E-state index in [4.69, 9.17) is 15.2 Å². The number of halogens is 3. The SMILES string of the molecule is CC(CCC(F)F)N[C@H]1CCCO[C@@H]1Cc1ccc2c(c1F)CN([C@@H](CCC(=O)OC(C)(C)C)C(N)=O)C2=O. The molecule has 1 aromatic rings. The van der Waals surface area contributed by atoms with E-state index in [-0.39, 0.29) is 61.5 Å². The largest absolute Gasteiger partial charge is 0.460 e. The maximum atomic E-state index is 15.7. The molecular formula is C28H40F3N3O5. The van der Waals surface area contributed by atoms with Gasteiger partial charge in [-0.05, 0) is 65.0 Å². The van der Waals surface area contributed by atoms with Gasteiger partial charge in [-0.25, -0.2) is 13.2 Å². The first-order valence-electron chi connectivity index (χ1n) is 13.5. The summed E-state index contributed by atoms with van der Waals surface area (Å²) in [5.74, 6) is -2.38. The summed E-state index contributed by atoms with van der Waals surface area (Å²) >= 11 is 0. The van der Waals surface area contributed by atoms with Crippen LogP contribution in [0.4, 0.5) is 13.2 Å². The first kappa shape index (κ1) is 30.9. The van der Waals surface area contributed by atoms with Crippen molar-refractivity contribution in [3.63, 3.8) is 0 Å². The number of esters is 1. The molecule has 1 aromatic carbocycles. The molecule has 2 aliphatic rings. The summed E-state index contributed by atoms with van der Waals surface area (Å²) in [6, 6.07) is 1.73. The number of primary amides is 1. The quantitative estimate of drug-likeness (QED) is 0.379. The number of benzene rings is 1. The topological polar surface area (TPSA) is 111 Å². The molecule has 1 saturated heterocycles. The molecule has 1 fully saturated rings. The Morgan fingerprint density at radius 3 is 2.59 bits per heavy atom. The molecule has 8 nitrogen and oxygen atoms in total. The van der Waals surface area contributed by atoms with Crippen LogP contribution in [-0.4, -0.2) is 65.5 Å². The molecule has 0 spiro atoms. The normalized spacial score (nSPS) is 21.1. The lowest BCUT2D eigenvalue weighted by atomic mass is 9.93. The van der Waals surface area contributed by atoms with Crippen molar-refractivity contribution >= 4 is 17.8 Å². The summed E-state index contributed by atoms with van der Waals surface area (Å²) in [7, 11) is 0. The van der Waals surface area contributed by atoms with Gasteiger partial charge in [-0.2, -0.15) is 0 Å². The molecular weight excluding hydrogens is 515 g/mol. The average Bonchev–Trinajstić information content (AvgIpc) is 3.16. The third-order valence-corrected chi connectivity index (χ3v) is 7.07. The van der Waals surface area contributed by atoms with Crippen molar-refractivity contribution in [2.75, 3.05) is 6.61 Å². The Morgan fingerprint density at radius 1 is 1.23 bits per heavy atom. The van der Waals surface area contributed by atoms with Gasteiger partial charge in [-0.3, -0.25) is 14.4 Å². The second-order valence-corrected chi connectivity index (χ2v) is 11.4. The van der Waals surface area contributed by atoms with Crippen LogP contribution in [0.15, 0.2) is 12.1 Å². The number of nitrogens with one attached hydrogen (secondary N) is 1. The number of nitrogens with two attached hydrogens (primary N) is 1. The zero-order chi connectivity index (χ0) is 28.9. The molecule has 0 aliphatic carbocycles. The lowest BCUT2D eigenvalue weighted by Crippen LogP contribution is -2.49. The van der Waals surface area contributed by atoms with Gasteiger partial charge in [0.2, 0.25) is 12.3 Å². The highest BCUT2D eigenvalue weighted by atomic mass is 19.3. The molecule has 39 heavy (non-hydrogen) atoms. The molecule has 0 aromatic heterocycles. The van der Waals surface area contributed by atoms with Crippen LogP contribution in [0.2, 0.25) is 0 Å². The lowest BCUT2D eigenvalue weighted by molar-refractivity contribution is -0.155. The zero-order valence-corrected chi connectivity index (χ0v) is 23.1. The Kier molecular flexibility index (Phi) is 10.4. The summed E-state index contributed by atoms with van der Waals surface area (Å²) in [6.07, 6.45) is -0.925. The molecule has 2 amide bonds. The Morgan fingerprint density at radius 2 is 1.95 bits per heavy atom. The highest BCUT2D eigenvalue weighted by molar-refractivity contribution is 6.01. The first-order chi connectivity index (χ1) is 18.3. The second-order valence-electron chi connectivity index (χ2n) is 11.4. The van der Waals surface area contributed by atoms with Gasteiger partial charge >= 0.3 is 5.97 Å². The molecule has 1 unspecified atom stereocenters. The standard InChI is InChI=1S/C28H40F3N3O5/c1-16(7-11-23(29)30)33-20-6-5-13-38-22(20)14-17-8-9-18-19(25(17)31)15-34(27(18)37)21(26(32)36)10-12-24(35)39-28(2,3)4/h8-9,16,20-23,33H,5-7,10-15H2,1-4H3,(H2,32,36)/t16?,20-,21-,22+/m0/s1. The number of carbonyl (C=O) groups is 3. The number of nitrogens with zero attached hydrogens (tertiary/aromatic N) is 1. The second kappa shape index (κ2) is 13.1. The van der Waals surface area contributed by atoms with Crippen LogP contribution < -0.4 is 11.1 Å². The van der Waals surface area contributed by atoms with Crippen molar-refractivity contribution < 1.29 is 37.0 Å². The summed E-state index contributed by atoms with van der Waals surface area (Å²) in [4.78, 5) is 38.7. The minimum absolute atomic E-state index is 0.0363. The fourth-order valence-corrected chi connectivity index (χ4v) is 5.20. The van der Waals surface area contributed by atoms with E-state index < -0.39 is 41.7 Å². The minimum Gasteiger partial charge on any atom is -0.460 e. The summed E-state index contributed by atoms with van der Waals surface area (Å²) in [5, 5.41) is 3.36. The number of amides is 2. The van der Waals surface area contributed by atoms with Crippen LogP contribution in [0, 0.1) is 5.82 Å². The van der Waals surface area contributed by atoms with Crippen LogP contribution in [0.1, 0.15) is 87.7 Å². The zero-order valence-electron chi connectivity index (χ0n) is 23.1. The monoisotopic (exact) mass is 555 g/mol. The van der Waals surface area contributed by atoms with Crippen molar-refractivity contribution in [1.82, 2.24) is 10.2 Å². The van der Waals surface area contributed by atoms with E-state index in [1.165, 1.54) is 4.90 Å². The van der Waals surface area contributed by atoms with Crippen molar-refractivity contribution in [3.05, 3.63) is 34.6 Å². The molecule has 11 heteroatoms. The maximum Gasteiger partial charge on any atom is 0.306 e. The molecule has 0 saturated carbocycles. The van der Waals surface area contributed by atoms with Crippen LogP contribution in [0.3, 0.4) is 0 Å². The van der Waals surface area contributed by atoms with E-state index >= 15 is 4.39 Å². The van der Waals surface area contributed by atoms with Crippen LogP contribution in [-0.2, 0) is 32.0 Å². The number of carbonyl (C=O) groups excluding carboxylic acids is 3. The molecule has 4 atom stereocenters. The van der Waals surface area contributed by atoms with Crippen LogP contribution >= 0.6 is 0 Å². The molecule has 2 heterocycles. The fraction of sp³-hybridized carbons (Fsp3) is 0.679. The molecule has 3 N–H and O–H groups in total. The van der Waals surface area contributed by atoms with Gasteiger partial charge in [0.1, 0.15) is 17.5 Å². The summed E-state index contributed by atoms with van der Waals surface area (Å²) in [6.45, 7) is 7.40. The predicted molar refractivity (Wildman–Crippen MR) is 139 cm³/mol. The number of alkyl halides is 2. The van der Waals surface area contributed by atoms with E-state index in [2.05, 4.69) is 5.32 Å². The van der Waals surface area contributed by atoms with Gasteiger partial charge in [0, 0.05) is 49.1 Å². The van der Waals surface area contributed by atoms with Crippen molar-refractivity contribution in [2.45, 2.75) is 115 Å². The Bertz CT molecular complexity index is 1050. The lowest BCUT2D eigenvalue weighted by Gasteiger charge is -2.35. The van der Waals surface area contributed by atoms with Gasteiger partial charge < -0.3 is 25.4 Å². The molecule has 218 valence electrons. The summed E-state index contributed by atoms with van der Waals surface area (Å²) in [5.41, 5.74) is 5.57. The average molecular weight is 556 g/mol. The number of fused-ring (bicyclic) bond motifs is 1. The van der Waals surface area contributed by atoms with Crippen LogP contribution in [0.25, 0.3) is 0 Å². The smallest absolute Gasteiger partial charge is 0.306 e. The van der Waals surface area contributed by atoms with E-state index in [0.29, 0.717) is 18.6 Å². The molecule has 3 rings (SSSR count). The summed E-state index contributed by atoms with van der Waals surface area (Å²) < 4.78 is 52.1. The van der Waals surface area contributed by atoms with Gasteiger partial charge in [-0.15, -0.1) is 0 Å². The van der Waals surface area contributed by atoms with Gasteiger partial charge in [0.05, 0.1) is 12.6 Å². The molecule has 2 aliphatic heterocycles. The van der Waals surface area contributed by atoms with Gasteiger partial charge in [0.25, 0.3) is 5.91 Å². The Hall–Kier alpha value is -2.66. The van der Waals surface area contributed by atoms with E-state index in [1.807, 2.05) is 6.92 Å².